The smallest absolute Gasteiger partial charge is 0.231 e. The predicted octanol–water partition coefficient (Wildman–Crippen LogP) is 6.85. The number of nitrogen functional groups attached to an aromatic ring is 1. The SMILES string of the molecule is Nc1c(F)cnc(CC(=O)c2cc(NC(=O)C3C(c4cc(Cl)cc(Cl)c4)C3(Cl)Cl)ccc2Cl)c1F. The van der Waals surface area contributed by atoms with Crippen LogP contribution in [0.3, 0.4) is 0 Å². The minimum Gasteiger partial charge on any atom is -0.394 e. The van der Waals surface area contributed by atoms with Crippen molar-refractivity contribution in [2.45, 2.75) is 16.7 Å². The maximum atomic E-state index is 14.2. The van der Waals surface area contributed by atoms with Gasteiger partial charge in [0, 0.05) is 27.2 Å². The first-order valence-corrected chi connectivity index (χ1v) is 11.8. The van der Waals surface area contributed by atoms with E-state index >= 15 is 0 Å². The van der Waals surface area contributed by atoms with Crippen LogP contribution in [0.5, 0.6) is 0 Å². The fraction of sp³-hybridized carbons (Fsp3) is 0.174. The van der Waals surface area contributed by atoms with Crippen molar-refractivity contribution in [1.82, 2.24) is 4.98 Å². The summed E-state index contributed by atoms with van der Waals surface area (Å²) in [6.45, 7) is 0. The number of Topliss-reactive ketones (excluding diaryl/α,β-unsaturated/α-hetero) is 1. The van der Waals surface area contributed by atoms with Crippen molar-refractivity contribution >= 4 is 81.1 Å². The number of amides is 1. The van der Waals surface area contributed by atoms with E-state index < -0.39 is 51.6 Å². The number of anilines is 2. The molecule has 0 saturated heterocycles. The maximum absolute atomic E-state index is 14.2. The van der Waals surface area contributed by atoms with Crippen LogP contribution in [0.4, 0.5) is 20.2 Å². The van der Waals surface area contributed by atoms with Crippen molar-refractivity contribution in [1.29, 1.82) is 0 Å². The van der Waals surface area contributed by atoms with Gasteiger partial charge in [0.15, 0.2) is 17.4 Å². The van der Waals surface area contributed by atoms with Crippen LogP contribution in [0.1, 0.15) is 27.5 Å². The average Bonchev–Trinajstić information content (AvgIpc) is 3.36. The van der Waals surface area contributed by atoms with Gasteiger partial charge in [-0.05, 0) is 42.0 Å². The van der Waals surface area contributed by atoms with Gasteiger partial charge in [-0.15, -0.1) is 23.2 Å². The molecule has 2 atom stereocenters. The van der Waals surface area contributed by atoms with E-state index in [0.29, 0.717) is 15.6 Å². The summed E-state index contributed by atoms with van der Waals surface area (Å²) < 4.78 is 26.1. The van der Waals surface area contributed by atoms with Crippen molar-refractivity contribution in [2.24, 2.45) is 5.92 Å². The highest BCUT2D eigenvalue weighted by molar-refractivity contribution is 6.53. The van der Waals surface area contributed by atoms with Crippen LogP contribution in [0.2, 0.25) is 15.1 Å². The monoisotopic (exact) mass is 577 g/mol. The Morgan fingerprint density at radius 2 is 1.71 bits per heavy atom. The zero-order valence-corrected chi connectivity index (χ0v) is 21.2. The lowest BCUT2D eigenvalue weighted by Crippen LogP contribution is -2.17. The molecule has 182 valence electrons. The normalized spacial score (nSPS) is 18.3. The molecule has 1 saturated carbocycles. The number of nitrogens with zero attached hydrogens (tertiary/aromatic N) is 1. The number of rotatable bonds is 6. The molecule has 0 aliphatic heterocycles. The molecule has 4 rings (SSSR count). The van der Waals surface area contributed by atoms with Gasteiger partial charge in [0.25, 0.3) is 0 Å². The number of pyridine rings is 1. The second-order valence-electron chi connectivity index (χ2n) is 7.90. The largest absolute Gasteiger partial charge is 0.394 e. The van der Waals surface area contributed by atoms with Crippen LogP contribution in [-0.4, -0.2) is 21.0 Å². The number of hydrogen-bond acceptors (Lipinski definition) is 4. The van der Waals surface area contributed by atoms with E-state index in [1.165, 1.54) is 18.2 Å². The summed E-state index contributed by atoms with van der Waals surface area (Å²) in [4.78, 5) is 29.3. The molecule has 1 aromatic heterocycles. The van der Waals surface area contributed by atoms with Crippen LogP contribution < -0.4 is 11.1 Å². The summed E-state index contributed by atoms with van der Waals surface area (Å²) >= 11 is 31.0. The average molecular weight is 580 g/mol. The number of halogens is 7. The second kappa shape index (κ2) is 9.71. The zero-order valence-electron chi connectivity index (χ0n) is 17.4. The number of carbonyl (C=O) groups is 2. The van der Waals surface area contributed by atoms with Gasteiger partial charge in [0.2, 0.25) is 5.91 Å². The molecule has 3 aromatic rings. The van der Waals surface area contributed by atoms with Gasteiger partial charge in [-0.3, -0.25) is 14.6 Å². The molecule has 2 unspecified atom stereocenters. The summed E-state index contributed by atoms with van der Waals surface area (Å²) in [6.07, 6.45) is 0.198. The van der Waals surface area contributed by atoms with Gasteiger partial charge in [-0.2, -0.15) is 0 Å². The first kappa shape index (κ1) is 25.9. The summed E-state index contributed by atoms with van der Waals surface area (Å²) in [7, 11) is 0. The first-order valence-electron chi connectivity index (χ1n) is 9.96. The van der Waals surface area contributed by atoms with Crippen molar-refractivity contribution in [2.75, 3.05) is 11.1 Å². The van der Waals surface area contributed by atoms with Crippen molar-refractivity contribution < 1.29 is 18.4 Å². The number of ketones is 1. The van der Waals surface area contributed by atoms with Crippen LogP contribution in [0.25, 0.3) is 0 Å². The van der Waals surface area contributed by atoms with Crippen LogP contribution in [0, 0.1) is 17.6 Å². The minimum atomic E-state index is -1.39. The first-order chi connectivity index (χ1) is 16.4. The van der Waals surface area contributed by atoms with Gasteiger partial charge >= 0.3 is 0 Å². The molecule has 1 fully saturated rings. The number of benzene rings is 2. The van der Waals surface area contributed by atoms with Gasteiger partial charge in [0.1, 0.15) is 10.0 Å². The third-order valence-electron chi connectivity index (χ3n) is 5.52. The third kappa shape index (κ3) is 5.20. The van der Waals surface area contributed by atoms with Crippen molar-refractivity contribution in [3.8, 4) is 0 Å². The molecular weight excluding hydrogens is 566 g/mol. The standard InChI is InChI=1S/C23H14Cl5F2N3O2/c24-10-3-9(4-11(25)5-10)18-19(23(18,27)28)22(35)33-12-1-2-14(26)13(6-12)17(34)7-16-20(30)21(31)15(29)8-32-16/h1-6,8,18-19H,7H2,(H2,31,32)(H,33,35). The Hall–Kier alpha value is -2.16. The highest BCUT2D eigenvalue weighted by atomic mass is 35.5. The predicted molar refractivity (Wildman–Crippen MR) is 134 cm³/mol. The molecule has 0 radical (unpaired) electrons. The summed E-state index contributed by atoms with van der Waals surface area (Å²) in [6, 6.07) is 8.98. The fourth-order valence-corrected chi connectivity index (χ4v) is 5.34. The number of hydrogen-bond donors (Lipinski definition) is 2. The van der Waals surface area contributed by atoms with Crippen LogP contribution in [-0.2, 0) is 11.2 Å². The van der Waals surface area contributed by atoms with Crippen LogP contribution in [0.15, 0.2) is 42.6 Å². The molecule has 1 heterocycles. The third-order valence-corrected chi connectivity index (χ3v) is 7.23. The number of nitrogens with one attached hydrogen (secondary N) is 1. The van der Waals surface area contributed by atoms with Gasteiger partial charge in [-0.1, -0.05) is 34.8 Å². The maximum Gasteiger partial charge on any atom is 0.231 e. The van der Waals surface area contributed by atoms with E-state index in [-0.39, 0.29) is 22.0 Å². The Kier molecular flexibility index (Phi) is 7.19. The van der Waals surface area contributed by atoms with Crippen LogP contribution >= 0.6 is 58.0 Å². The Bertz CT molecular complexity index is 1350. The fourth-order valence-electron chi connectivity index (χ4n) is 3.75. The van der Waals surface area contributed by atoms with Crippen molar-refractivity contribution in [3.63, 3.8) is 0 Å². The van der Waals surface area contributed by atoms with Gasteiger partial charge < -0.3 is 11.1 Å². The number of carbonyl (C=O) groups excluding carboxylic acids is 2. The highest BCUT2D eigenvalue weighted by Crippen LogP contribution is 2.65. The highest BCUT2D eigenvalue weighted by Gasteiger charge is 2.67. The molecule has 1 amide bonds. The summed E-state index contributed by atoms with van der Waals surface area (Å²) in [5, 5.41) is 3.46. The molecule has 1 aliphatic rings. The lowest BCUT2D eigenvalue weighted by Gasteiger charge is -2.10. The van der Waals surface area contributed by atoms with E-state index in [1.807, 2.05) is 0 Å². The molecule has 12 heteroatoms. The Morgan fingerprint density at radius 3 is 2.37 bits per heavy atom. The number of aromatic nitrogens is 1. The molecule has 5 nitrogen and oxygen atoms in total. The van der Waals surface area contributed by atoms with E-state index in [9.17, 15) is 18.4 Å². The lowest BCUT2D eigenvalue weighted by molar-refractivity contribution is -0.117. The number of alkyl halides is 2. The summed E-state index contributed by atoms with van der Waals surface area (Å²) in [5.41, 5.74) is 5.07. The van der Waals surface area contributed by atoms with E-state index in [2.05, 4.69) is 10.3 Å². The molecular formula is C23H14Cl5F2N3O2. The zero-order chi connectivity index (χ0) is 25.7. The minimum absolute atomic E-state index is 0.00876. The van der Waals surface area contributed by atoms with Gasteiger partial charge in [-0.25, -0.2) is 8.78 Å². The molecule has 0 spiro atoms. The molecule has 3 N–H and O–H groups in total. The number of nitrogens with two attached hydrogens (primary N) is 1. The second-order valence-corrected chi connectivity index (χ2v) is 10.6. The Labute approximate surface area is 223 Å². The topological polar surface area (TPSA) is 85.1 Å². The van der Waals surface area contributed by atoms with E-state index in [4.69, 9.17) is 63.7 Å². The van der Waals surface area contributed by atoms with Gasteiger partial charge in [0.05, 0.1) is 29.3 Å². The Balaban J connectivity index is 1.52. The van der Waals surface area contributed by atoms with E-state index in [1.54, 1.807) is 18.2 Å². The molecule has 2 aromatic carbocycles. The quantitative estimate of drug-likeness (QED) is 0.247. The molecule has 35 heavy (non-hydrogen) atoms. The summed E-state index contributed by atoms with van der Waals surface area (Å²) in [5.74, 6) is -4.67. The molecule has 0 bridgehead atoms. The van der Waals surface area contributed by atoms with Crippen molar-refractivity contribution in [3.05, 3.63) is 86.1 Å². The van der Waals surface area contributed by atoms with E-state index in [0.717, 1.165) is 6.20 Å². The Morgan fingerprint density at radius 1 is 1.06 bits per heavy atom. The lowest BCUT2D eigenvalue weighted by atomic mass is 10.0. The molecule has 1 aliphatic carbocycles.